The van der Waals surface area contributed by atoms with E-state index in [0.29, 0.717) is 12.3 Å². The summed E-state index contributed by atoms with van der Waals surface area (Å²) in [5.74, 6) is -0.263. The van der Waals surface area contributed by atoms with Gasteiger partial charge in [-0.15, -0.1) is 0 Å². The number of aromatic nitrogens is 2. The molecule has 0 atom stereocenters. The van der Waals surface area contributed by atoms with Gasteiger partial charge in [-0.25, -0.2) is 14.2 Å². The molecule has 0 spiro atoms. The summed E-state index contributed by atoms with van der Waals surface area (Å²) in [7, 11) is 0. The minimum absolute atomic E-state index is 0.263. The molecule has 1 N–H and O–H groups in total. The fraction of sp³-hybridized carbons (Fsp3) is 0.182. The highest BCUT2D eigenvalue weighted by Crippen LogP contribution is 2.28. The van der Waals surface area contributed by atoms with Crippen LogP contribution in [0.4, 0.5) is 14.9 Å². The first-order valence-corrected chi connectivity index (χ1v) is 9.17. The van der Waals surface area contributed by atoms with E-state index in [-0.39, 0.29) is 5.82 Å². The number of aryl methyl sites for hydroxylation is 1. The van der Waals surface area contributed by atoms with Gasteiger partial charge in [-0.3, -0.25) is 5.32 Å². The molecule has 2 heterocycles. The van der Waals surface area contributed by atoms with E-state index >= 15 is 0 Å². The number of fused-ring (bicyclic) bond motifs is 3. The van der Waals surface area contributed by atoms with Gasteiger partial charge in [0.1, 0.15) is 11.5 Å². The van der Waals surface area contributed by atoms with Crippen molar-refractivity contribution < 1.29 is 13.9 Å². The van der Waals surface area contributed by atoms with Crippen LogP contribution < -0.4 is 5.32 Å². The topological polar surface area (TPSA) is 55.6 Å². The molecule has 0 aliphatic carbocycles. The van der Waals surface area contributed by atoms with Gasteiger partial charge >= 0.3 is 6.09 Å². The number of anilines is 1. The number of pyridine rings is 1. The van der Waals surface area contributed by atoms with Gasteiger partial charge in [0.25, 0.3) is 0 Å². The summed E-state index contributed by atoms with van der Waals surface area (Å²) in [5, 5.41) is 4.66. The van der Waals surface area contributed by atoms with Gasteiger partial charge in [-0.1, -0.05) is 13.0 Å². The van der Waals surface area contributed by atoms with Crippen molar-refractivity contribution >= 4 is 28.2 Å². The molecule has 2 aromatic carbocycles. The van der Waals surface area contributed by atoms with Crippen LogP contribution in [0.15, 0.2) is 54.9 Å². The number of carbonyl (C=O) groups excluding carboxylic acids is 1. The van der Waals surface area contributed by atoms with Crippen molar-refractivity contribution in [3.05, 3.63) is 66.2 Å². The van der Waals surface area contributed by atoms with Gasteiger partial charge in [0.15, 0.2) is 0 Å². The Morgan fingerprint density at radius 2 is 2.07 bits per heavy atom. The minimum Gasteiger partial charge on any atom is -0.449 e. The number of benzene rings is 2. The number of nitrogens with one attached hydrogen (secondary N) is 1. The van der Waals surface area contributed by atoms with Gasteiger partial charge in [-0.2, -0.15) is 0 Å². The van der Waals surface area contributed by atoms with Crippen LogP contribution in [0.5, 0.6) is 0 Å². The number of ether oxygens (including phenoxy) is 1. The van der Waals surface area contributed by atoms with E-state index in [1.807, 2.05) is 54.9 Å². The van der Waals surface area contributed by atoms with Crippen molar-refractivity contribution in [1.82, 2.24) is 9.38 Å². The third-order valence-corrected chi connectivity index (χ3v) is 4.59. The lowest BCUT2D eigenvalue weighted by Gasteiger charge is -2.07. The first-order chi connectivity index (χ1) is 13.5. The zero-order chi connectivity index (χ0) is 19.7. The van der Waals surface area contributed by atoms with Gasteiger partial charge < -0.3 is 9.14 Å². The highest BCUT2D eigenvalue weighted by atomic mass is 19.1. The van der Waals surface area contributed by atoms with Gasteiger partial charge in [0.05, 0.1) is 12.3 Å². The molecule has 28 heavy (non-hydrogen) atoms. The van der Waals surface area contributed by atoms with E-state index in [0.717, 1.165) is 39.7 Å². The van der Waals surface area contributed by atoms with Crippen LogP contribution in [0.25, 0.3) is 27.7 Å². The molecule has 0 aliphatic heterocycles. The van der Waals surface area contributed by atoms with Crippen molar-refractivity contribution in [3.63, 3.8) is 0 Å². The second-order valence-corrected chi connectivity index (χ2v) is 6.69. The molecular formula is C22H20FN3O2. The quantitative estimate of drug-likeness (QED) is 0.506. The maximum absolute atomic E-state index is 13.4. The molecule has 2 aromatic heterocycles. The molecule has 0 saturated carbocycles. The minimum atomic E-state index is -0.473. The molecule has 0 unspecified atom stereocenters. The molecule has 142 valence electrons. The van der Waals surface area contributed by atoms with Crippen molar-refractivity contribution in [2.75, 3.05) is 11.9 Å². The SMILES string of the molecule is CCCOC(=O)Nc1ccc2ccn3cc(-c4ccc(F)cc4C)nc3c2c1. The summed E-state index contributed by atoms with van der Waals surface area (Å²) in [5.41, 5.74) is 3.89. The Hall–Kier alpha value is -3.41. The maximum atomic E-state index is 13.4. The molecule has 5 nitrogen and oxygen atoms in total. The summed E-state index contributed by atoms with van der Waals surface area (Å²) >= 11 is 0. The third-order valence-electron chi connectivity index (χ3n) is 4.59. The van der Waals surface area contributed by atoms with Crippen LogP contribution in [-0.4, -0.2) is 22.1 Å². The van der Waals surface area contributed by atoms with E-state index in [1.54, 1.807) is 6.07 Å². The number of imidazole rings is 1. The molecule has 0 saturated heterocycles. The molecule has 0 bridgehead atoms. The lowest BCUT2D eigenvalue weighted by molar-refractivity contribution is 0.161. The molecular weight excluding hydrogens is 357 g/mol. The Bertz CT molecular complexity index is 1180. The van der Waals surface area contributed by atoms with E-state index < -0.39 is 6.09 Å². The largest absolute Gasteiger partial charge is 0.449 e. The van der Waals surface area contributed by atoms with Crippen molar-refractivity contribution in [3.8, 4) is 11.3 Å². The normalized spacial score (nSPS) is 11.1. The number of hydrogen-bond acceptors (Lipinski definition) is 3. The van der Waals surface area contributed by atoms with Crippen molar-refractivity contribution in [2.24, 2.45) is 0 Å². The zero-order valence-electron chi connectivity index (χ0n) is 15.7. The summed E-state index contributed by atoms with van der Waals surface area (Å²) in [4.78, 5) is 16.6. The lowest BCUT2D eigenvalue weighted by atomic mass is 10.1. The Morgan fingerprint density at radius 3 is 2.86 bits per heavy atom. The van der Waals surface area contributed by atoms with Gasteiger partial charge in [0, 0.05) is 29.0 Å². The summed E-state index contributed by atoms with van der Waals surface area (Å²) in [6, 6.07) is 12.3. The van der Waals surface area contributed by atoms with E-state index in [2.05, 4.69) is 5.32 Å². The number of rotatable bonds is 4. The van der Waals surface area contributed by atoms with Crippen molar-refractivity contribution in [1.29, 1.82) is 0 Å². The Balaban J connectivity index is 1.76. The highest BCUT2D eigenvalue weighted by Gasteiger charge is 2.11. The fourth-order valence-electron chi connectivity index (χ4n) is 3.23. The van der Waals surface area contributed by atoms with Crippen LogP contribution in [-0.2, 0) is 4.74 Å². The number of hydrogen-bond donors (Lipinski definition) is 1. The predicted molar refractivity (Wildman–Crippen MR) is 108 cm³/mol. The Morgan fingerprint density at radius 1 is 1.21 bits per heavy atom. The number of carbonyl (C=O) groups is 1. The third kappa shape index (κ3) is 3.41. The summed E-state index contributed by atoms with van der Waals surface area (Å²) in [6.45, 7) is 4.19. The molecule has 4 aromatic rings. The van der Waals surface area contributed by atoms with Crippen LogP contribution in [0.1, 0.15) is 18.9 Å². The van der Waals surface area contributed by atoms with Crippen LogP contribution >= 0.6 is 0 Å². The van der Waals surface area contributed by atoms with Gasteiger partial charge in [0.2, 0.25) is 0 Å². The molecule has 0 radical (unpaired) electrons. The standard InChI is InChI=1S/C22H20FN3O2/c1-3-10-28-22(27)24-17-6-4-15-8-9-26-13-20(25-21(26)19(15)12-17)18-7-5-16(23)11-14(18)2/h4-9,11-13H,3,10H2,1-2H3,(H,24,27). The predicted octanol–water partition coefficient (Wildman–Crippen LogP) is 5.56. The molecule has 0 aliphatic rings. The van der Waals surface area contributed by atoms with Crippen molar-refractivity contribution in [2.45, 2.75) is 20.3 Å². The first kappa shape index (κ1) is 18.0. The number of halogens is 1. The Kier molecular flexibility index (Phi) is 4.69. The van der Waals surface area contributed by atoms with E-state index in [1.165, 1.54) is 12.1 Å². The second kappa shape index (κ2) is 7.31. The Labute approximate surface area is 161 Å². The second-order valence-electron chi connectivity index (χ2n) is 6.69. The smallest absolute Gasteiger partial charge is 0.411 e. The zero-order valence-corrected chi connectivity index (χ0v) is 15.7. The lowest BCUT2D eigenvalue weighted by Crippen LogP contribution is -2.13. The van der Waals surface area contributed by atoms with Gasteiger partial charge in [-0.05, 0) is 60.7 Å². The number of amides is 1. The molecule has 1 amide bonds. The fourth-order valence-corrected chi connectivity index (χ4v) is 3.23. The first-order valence-electron chi connectivity index (χ1n) is 9.17. The van der Waals surface area contributed by atoms with E-state index in [9.17, 15) is 9.18 Å². The highest BCUT2D eigenvalue weighted by molar-refractivity contribution is 5.98. The molecule has 0 fully saturated rings. The van der Waals surface area contributed by atoms with Crippen LogP contribution in [0.3, 0.4) is 0 Å². The maximum Gasteiger partial charge on any atom is 0.411 e. The van der Waals surface area contributed by atoms with Crippen LogP contribution in [0.2, 0.25) is 0 Å². The average molecular weight is 377 g/mol. The summed E-state index contributed by atoms with van der Waals surface area (Å²) in [6.07, 6.45) is 4.16. The van der Waals surface area contributed by atoms with E-state index in [4.69, 9.17) is 9.72 Å². The molecule has 6 heteroatoms. The monoisotopic (exact) mass is 377 g/mol. The summed E-state index contributed by atoms with van der Waals surface area (Å²) < 4.78 is 20.4. The average Bonchev–Trinajstić information content (AvgIpc) is 3.10. The molecule has 4 rings (SSSR count). The number of nitrogens with zero attached hydrogens (tertiary/aromatic N) is 2. The van der Waals surface area contributed by atoms with Crippen LogP contribution in [0, 0.1) is 12.7 Å².